The van der Waals surface area contributed by atoms with Gasteiger partial charge in [0, 0.05) is 0 Å². The van der Waals surface area contributed by atoms with E-state index in [2.05, 4.69) is 44.4 Å². The van der Waals surface area contributed by atoms with Crippen LogP contribution in [-0.2, 0) is 18.6 Å². The van der Waals surface area contributed by atoms with Gasteiger partial charge in [-0.15, -0.1) is 0 Å². The van der Waals surface area contributed by atoms with Crippen LogP contribution in [0.2, 0.25) is 0 Å². The Labute approximate surface area is 163 Å². The first-order chi connectivity index (χ1) is 12.7. The highest BCUT2D eigenvalue weighted by Crippen LogP contribution is 2.48. The molecule has 6 nitrogen and oxygen atoms in total. The van der Waals surface area contributed by atoms with Crippen molar-refractivity contribution in [1.82, 2.24) is 5.09 Å². The van der Waals surface area contributed by atoms with Crippen molar-refractivity contribution in [2.75, 3.05) is 20.3 Å². The molecular weight excluding hydrogens is 365 g/mol. The average Bonchev–Trinajstić information content (AvgIpc) is 2.63. The van der Waals surface area contributed by atoms with E-state index in [1.54, 1.807) is 0 Å². The first kappa shape index (κ1) is 23.7. The highest BCUT2D eigenvalue weighted by atomic mass is 31.2. The third-order valence-electron chi connectivity index (χ3n) is 4.19. The van der Waals surface area contributed by atoms with Crippen LogP contribution in [0.25, 0.3) is 0 Å². The van der Waals surface area contributed by atoms with Gasteiger partial charge in [0.25, 0.3) is 0 Å². The lowest BCUT2D eigenvalue weighted by molar-refractivity contribution is -0.139. The van der Waals surface area contributed by atoms with E-state index in [-0.39, 0.29) is 18.4 Å². The van der Waals surface area contributed by atoms with Crippen LogP contribution in [0, 0.1) is 0 Å². The summed E-state index contributed by atoms with van der Waals surface area (Å²) in [5, 5.41) is 2.64. The van der Waals surface area contributed by atoms with Crippen LogP contribution in [0.3, 0.4) is 0 Å². The summed E-state index contributed by atoms with van der Waals surface area (Å²) in [6.07, 6.45) is 2.77. The Morgan fingerprint density at radius 3 is 2.19 bits per heavy atom. The summed E-state index contributed by atoms with van der Waals surface area (Å²) in [4.78, 5) is 11.5. The fraction of sp³-hybridized carbons (Fsp3) is 0.650. The molecule has 1 unspecified atom stereocenters. The Morgan fingerprint density at radius 2 is 1.70 bits per heavy atom. The normalized spacial score (nSPS) is 13.6. The summed E-state index contributed by atoms with van der Waals surface area (Å²) >= 11 is 0. The van der Waals surface area contributed by atoms with Gasteiger partial charge in [-0.2, -0.15) is 0 Å². The summed E-state index contributed by atoms with van der Waals surface area (Å²) in [7, 11) is -2.45. The van der Waals surface area contributed by atoms with Crippen molar-refractivity contribution >= 4 is 13.7 Å². The Bertz CT molecular complexity index is 619. The number of hydrogen-bond acceptors (Lipinski definition) is 5. The van der Waals surface area contributed by atoms with Gasteiger partial charge >= 0.3 is 13.7 Å². The van der Waals surface area contributed by atoms with E-state index in [1.807, 2.05) is 18.2 Å². The molecule has 1 atom stereocenters. The van der Waals surface area contributed by atoms with E-state index in [4.69, 9.17) is 9.05 Å². The molecule has 154 valence electrons. The molecule has 0 bridgehead atoms. The van der Waals surface area contributed by atoms with E-state index in [1.165, 1.54) is 7.11 Å². The molecule has 1 rings (SSSR count). The Balaban J connectivity index is 3.15. The Hall–Kier alpha value is -1.36. The second kappa shape index (κ2) is 11.5. The molecule has 0 radical (unpaired) electrons. The summed E-state index contributed by atoms with van der Waals surface area (Å²) in [5.41, 5.74) is 1.91. The average molecular weight is 399 g/mol. The van der Waals surface area contributed by atoms with E-state index in [0.29, 0.717) is 12.4 Å². The van der Waals surface area contributed by atoms with Gasteiger partial charge in [0.15, 0.2) is 0 Å². The molecule has 0 aliphatic heterocycles. The van der Waals surface area contributed by atoms with E-state index in [9.17, 15) is 9.36 Å². The number of benzene rings is 1. The molecule has 0 saturated heterocycles. The molecule has 0 spiro atoms. The minimum atomic E-state index is -3.73. The lowest BCUT2D eigenvalue weighted by Gasteiger charge is -2.25. The topological polar surface area (TPSA) is 73.9 Å². The van der Waals surface area contributed by atoms with Gasteiger partial charge in [0.05, 0.1) is 13.7 Å². The summed E-state index contributed by atoms with van der Waals surface area (Å²) in [6.45, 7) is 10.4. The second-order valence-corrected chi connectivity index (χ2v) is 8.87. The van der Waals surface area contributed by atoms with Gasteiger partial charge in [-0.05, 0) is 29.4 Å². The molecular formula is C20H34NO5P. The number of unbranched alkanes of at least 4 members (excludes halogenated alkanes) is 2. The zero-order chi connectivity index (χ0) is 20.4. The number of methoxy groups -OCH3 is 1. The quantitative estimate of drug-likeness (QED) is 0.289. The van der Waals surface area contributed by atoms with Crippen molar-refractivity contribution in [2.24, 2.45) is 0 Å². The first-order valence-electron chi connectivity index (χ1n) is 9.63. The van der Waals surface area contributed by atoms with Crippen LogP contribution in [-0.4, -0.2) is 26.2 Å². The second-order valence-electron chi connectivity index (χ2n) is 7.12. The van der Waals surface area contributed by atoms with Crippen LogP contribution in [0.5, 0.6) is 5.75 Å². The van der Waals surface area contributed by atoms with E-state index >= 15 is 0 Å². The molecule has 0 fully saturated rings. The fourth-order valence-electron chi connectivity index (χ4n) is 2.58. The maximum absolute atomic E-state index is 13.4. The highest BCUT2D eigenvalue weighted by Gasteiger charge is 2.30. The van der Waals surface area contributed by atoms with Crippen LogP contribution in [0.15, 0.2) is 18.2 Å². The predicted molar refractivity (Wildman–Crippen MR) is 108 cm³/mol. The van der Waals surface area contributed by atoms with Crippen molar-refractivity contribution in [1.29, 1.82) is 0 Å². The van der Waals surface area contributed by atoms with Gasteiger partial charge in [-0.1, -0.05) is 65.7 Å². The maximum atomic E-state index is 13.4. The van der Waals surface area contributed by atoms with Gasteiger partial charge in [-0.25, -0.2) is 9.65 Å². The third kappa shape index (κ3) is 7.65. The van der Waals surface area contributed by atoms with E-state index in [0.717, 1.165) is 30.4 Å². The number of carbonyl (C=O) groups excluding carboxylic acids is 1. The number of carbonyl (C=O) groups is 1. The number of hydrogen-bond donors (Lipinski definition) is 1. The van der Waals surface area contributed by atoms with Crippen LogP contribution < -0.4 is 9.61 Å². The predicted octanol–water partition coefficient (Wildman–Crippen LogP) is 5.39. The molecule has 0 amide bonds. The Kier molecular flexibility index (Phi) is 10.1. The molecule has 1 aromatic rings. The zero-order valence-electron chi connectivity index (χ0n) is 17.4. The molecule has 0 aliphatic carbocycles. The molecule has 0 saturated carbocycles. The SMILES string of the molecule is CCCCCOP(=O)(NCC(=O)OC)Oc1c(C(C)C)cccc1C(C)C. The minimum absolute atomic E-state index is 0.188. The monoisotopic (exact) mass is 399 g/mol. The molecule has 0 aromatic heterocycles. The minimum Gasteiger partial charge on any atom is -0.468 e. The lowest BCUT2D eigenvalue weighted by atomic mass is 9.94. The molecule has 0 aliphatic rings. The van der Waals surface area contributed by atoms with Crippen molar-refractivity contribution in [3.05, 3.63) is 29.3 Å². The van der Waals surface area contributed by atoms with Crippen molar-refractivity contribution in [3.63, 3.8) is 0 Å². The largest absolute Gasteiger partial charge is 0.468 e. The lowest BCUT2D eigenvalue weighted by Crippen LogP contribution is -2.25. The zero-order valence-corrected chi connectivity index (χ0v) is 18.3. The number of esters is 1. The van der Waals surface area contributed by atoms with Crippen LogP contribution in [0.4, 0.5) is 0 Å². The van der Waals surface area contributed by atoms with Gasteiger partial charge < -0.3 is 9.26 Å². The van der Waals surface area contributed by atoms with Crippen LogP contribution in [0.1, 0.15) is 76.8 Å². The molecule has 27 heavy (non-hydrogen) atoms. The maximum Gasteiger partial charge on any atom is 0.459 e. The van der Waals surface area contributed by atoms with Gasteiger partial charge in [0.1, 0.15) is 12.3 Å². The van der Waals surface area contributed by atoms with Crippen molar-refractivity contribution in [2.45, 2.75) is 65.7 Å². The van der Waals surface area contributed by atoms with Crippen molar-refractivity contribution < 1.29 is 23.1 Å². The Morgan fingerprint density at radius 1 is 1.11 bits per heavy atom. The molecule has 1 aromatic carbocycles. The van der Waals surface area contributed by atoms with Crippen LogP contribution >= 0.6 is 7.75 Å². The fourth-order valence-corrected chi connectivity index (χ4v) is 3.93. The summed E-state index contributed by atoms with van der Waals surface area (Å²) in [5.74, 6) is 0.414. The molecule has 7 heteroatoms. The third-order valence-corrected chi connectivity index (χ3v) is 5.68. The number of ether oxygens (including phenoxy) is 1. The summed E-state index contributed by atoms with van der Waals surface area (Å²) in [6, 6.07) is 5.91. The summed E-state index contributed by atoms with van der Waals surface area (Å²) < 4.78 is 29.6. The van der Waals surface area contributed by atoms with Gasteiger partial charge in [-0.3, -0.25) is 9.32 Å². The first-order valence-corrected chi connectivity index (χ1v) is 11.2. The number of para-hydroxylation sites is 1. The smallest absolute Gasteiger partial charge is 0.459 e. The van der Waals surface area contributed by atoms with E-state index < -0.39 is 13.7 Å². The molecule has 1 N–H and O–H groups in total. The number of nitrogens with one attached hydrogen (secondary N) is 1. The van der Waals surface area contributed by atoms with Crippen molar-refractivity contribution in [3.8, 4) is 5.75 Å². The number of rotatable bonds is 12. The van der Waals surface area contributed by atoms with Gasteiger partial charge in [0.2, 0.25) is 0 Å². The standard InChI is InChI=1S/C20H34NO5P/c1-7-8-9-13-25-27(23,21-14-19(22)24-6)26-20-17(15(2)3)11-10-12-18(20)16(4)5/h10-12,15-16H,7-9,13-14H2,1-6H3,(H,21,23). The molecule has 0 heterocycles. The highest BCUT2D eigenvalue weighted by molar-refractivity contribution is 7.52.